The Balaban J connectivity index is 1.43. The Labute approximate surface area is 198 Å². The van der Waals surface area contributed by atoms with Gasteiger partial charge >= 0.3 is 12.1 Å². The number of hydrogen-bond donors (Lipinski definition) is 1. The van der Waals surface area contributed by atoms with E-state index in [1.165, 1.54) is 0 Å². The highest BCUT2D eigenvalue weighted by Gasteiger charge is 2.30. The first kappa shape index (κ1) is 23.5. The SMILES string of the molecule is Cc1noc(C[C@H](CC(=O)OC(C)(C)C)NC(=O)OCC2c3ccccc3-c3ccccc32)n1. The van der Waals surface area contributed by atoms with Crippen LogP contribution < -0.4 is 5.32 Å². The topological polar surface area (TPSA) is 104 Å². The van der Waals surface area contributed by atoms with Crippen LogP contribution in [0, 0.1) is 6.92 Å². The number of ether oxygens (including phenoxy) is 2. The van der Waals surface area contributed by atoms with Crippen LogP contribution in [0.1, 0.15) is 56.0 Å². The molecule has 1 amide bonds. The Bertz CT molecular complexity index is 1140. The first-order valence-corrected chi connectivity index (χ1v) is 11.3. The van der Waals surface area contributed by atoms with Crippen molar-refractivity contribution in [2.45, 2.75) is 58.1 Å². The number of rotatable bonds is 7. The second-order valence-corrected chi connectivity index (χ2v) is 9.40. The van der Waals surface area contributed by atoms with E-state index < -0.39 is 23.7 Å². The van der Waals surface area contributed by atoms with Crippen molar-refractivity contribution in [1.82, 2.24) is 15.5 Å². The molecule has 3 aromatic rings. The number of hydrogen-bond acceptors (Lipinski definition) is 7. The van der Waals surface area contributed by atoms with Gasteiger partial charge in [-0.25, -0.2) is 4.79 Å². The summed E-state index contributed by atoms with van der Waals surface area (Å²) in [5.74, 6) is 0.311. The second kappa shape index (κ2) is 9.67. The summed E-state index contributed by atoms with van der Waals surface area (Å²) in [7, 11) is 0. The van der Waals surface area contributed by atoms with Crippen molar-refractivity contribution < 1.29 is 23.6 Å². The van der Waals surface area contributed by atoms with Gasteiger partial charge in [-0.05, 0) is 49.9 Å². The van der Waals surface area contributed by atoms with Gasteiger partial charge in [0.1, 0.15) is 12.2 Å². The second-order valence-electron chi connectivity index (χ2n) is 9.40. The number of aromatic nitrogens is 2. The van der Waals surface area contributed by atoms with Gasteiger partial charge in [0.15, 0.2) is 5.82 Å². The van der Waals surface area contributed by atoms with Crippen LogP contribution in [-0.4, -0.2) is 40.5 Å². The fraction of sp³-hybridized carbons (Fsp3) is 0.385. The first-order chi connectivity index (χ1) is 16.2. The van der Waals surface area contributed by atoms with Crippen molar-refractivity contribution in [3.8, 4) is 11.1 Å². The molecular weight excluding hydrogens is 434 g/mol. The molecule has 0 saturated carbocycles. The third-order valence-corrected chi connectivity index (χ3v) is 5.49. The minimum absolute atomic E-state index is 0.0527. The lowest BCUT2D eigenvalue weighted by molar-refractivity contribution is -0.155. The molecular formula is C26H29N3O5. The molecule has 0 fully saturated rings. The number of alkyl carbamates (subject to hydrolysis) is 1. The predicted molar refractivity (Wildman–Crippen MR) is 125 cm³/mol. The van der Waals surface area contributed by atoms with Gasteiger partial charge < -0.3 is 19.3 Å². The molecule has 0 radical (unpaired) electrons. The fourth-order valence-corrected chi connectivity index (χ4v) is 4.20. The average Bonchev–Trinajstić information content (AvgIpc) is 3.31. The van der Waals surface area contributed by atoms with Gasteiger partial charge in [0.2, 0.25) is 5.89 Å². The number of carbonyl (C=O) groups excluding carboxylic acids is 2. The lowest BCUT2D eigenvalue weighted by Gasteiger charge is -2.22. The van der Waals surface area contributed by atoms with E-state index in [0.29, 0.717) is 11.7 Å². The van der Waals surface area contributed by atoms with Crippen LogP contribution in [0.4, 0.5) is 4.79 Å². The molecule has 178 valence electrons. The van der Waals surface area contributed by atoms with Crippen molar-refractivity contribution in [3.63, 3.8) is 0 Å². The molecule has 4 rings (SSSR count). The standard InChI is InChI=1S/C26H29N3O5/c1-16-27-23(34-29-16)13-17(14-24(30)33-26(2,3)4)28-25(31)32-15-22-20-11-7-5-9-18(20)19-10-6-8-12-21(19)22/h5-12,17,22H,13-15H2,1-4H3,(H,28,31)/t17-/m1/s1. The van der Waals surface area contributed by atoms with Crippen LogP contribution in [0.2, 0.25) is 0 Å². The highest BCUT2D eigenvalue weighted by atomic mass is 16.6. The van der Waals surface area contributed by atoms with E-state index in [1.807, 2.05) is 24.3 Å². The molecule has 1 aliphatic rings. The minimum Gasteiger partial charge on any atom is -0.460 e. The number of aryl methyl sites for hydroxylation is 1. The molecule has 2 aromatic carbocycles. The van der Waals surface area contributed by atoms with Crippen molar-refractivity contribution in [3.05, 3.63) is 71.4 Å². The first-order valence-electron chi connectivity index (χ1n) is 11.3. The third kappa shape index (κ3) is 5.62. The molecule has 1 aromatic heterocycles. The summed E-state index contributed by atoms with van der Waals surface area (Å²) in [4.78, 5) is 29.3. The molecule has 1 aliphatic carbocycles. The van der Waals surface area contributed by atoms with Crippen LogP contribution >= 0.6 is 0 Å². The van der Waals surface area contributed by atoms with E-state index in [-0.39, 0.29) is 25.4 Å². The Hall–Kier alpha value is -3.68. The Morgan fingerprint density at radius 2 is 1.68 bits per heavy atom. The number of amides is 1. The summed E-state index contributed by atoms with van der Waals surface area (Å²) in [5, 5.41) is 6.55. The smallest absolute Gasteiger partial charge is 0.407 e. The van der Waals surface area contributed by atoms with Gasteiger partial charge in [0.05, 0.1) is 12.5 Å². The van der Waals surface area contributed by atoms with E-state index in [9.17, 15) is 9.59 Å². The average molecular weight is 464 g/mol. The molecule has 8 nitrogen and oxygen atoms in total. The molecule has 0 saturated heterocycles. The largest absolute Gasteiger partial charge is 0.460 e. The van der Waals surface area contributed by atoms with E-state index in [4.69, 9.17) is 14.0 Å². The summed E-state index contributed by atoms with van der Waals surface area (Å²) in [6.07, 6.45) is -0.487. The highest BCUT2D eigenvalue weighted by Crippen LogP contribution is 2.44. The molecule has 1 atom stereocenters. The van der Waals surface area contributed by atoms with Gasteiger partial charge in [-0.1, -0.05) is 53.7 Å². The van der Waals surface area contributed by atoms with Gasteiger partial charge in [0, 0.05) is 12.3 Å². The van der Waals surface area contributed by atoms with Gasteiger partial charge in [-0.2, -0.15) is 4.98 Å². The zero-order valence-corrected chi connectivity index (χ0v) is 19.8. The third-order valence-electron chi connectivity index (χ3n) is 5.49. The van der Waals surface area contributed by atoms with Crippen molar-refractivity contribution in [2.24, 2.45) is 0 Å². The molecule has 0 spiro atoms. The van der Waals surface area contributed by atoms with Crippen LogP contribution in [0.15, 0.2) is 53.1 Å². The summed E-state index contributed by atoms with van der Waals surface area (Å²) in [6, 6.07) is 15.6. The van der Waals surface area contributed by atoms with Crippen LogP contribution in [-0.2, 0) is 20.7 Å². The number of carbonyl (C=O) groups is 2. The fourth-order valence-electron chi connectivity index (χ4n) is 4.20. The maximum Gasteiger partial charge on any atom is 0.407 e. The molecule has 1 N–H and O–H groups in total. The maximum atomic E-state index is 12.7. The monoisotopic (exact) mass is 463 g/mol. The molecule has 0 unspecified atom stereocenters. The number of fused-ring (bicyclic) bond motifs is 3. The molecule has 34 heavy (non-hydrogen) atoms. The Morgan fingerprint density at radius 3 is 2.24 bits per heavy atom. The molecule has 0 aliphatic heterocycles. The van der Waals surface area contributed by atoms with E-state index in [1.54, 1.807) is 27.7 Å². The van der Waals surface area contributed by atoms with Crippen molar-refractivity contribution >= 4 is 12.1 Å². The summed E-state index contributed by atoms with van der Waals surface area (Å²) >= 11 is 0. The lowest BCUT2D eigenvalue weighted by Crippen LogP contribution is -2.40. The van der Waals surface area contributed by atoms with E-state index in [0.717, 1.165) is 22.3 Å². The van der Waals surface area contributed by atoms with E-state index >= 15 is 0 Å². The number of nitrogens with one attached hydrogen (secondary N) is 1. The number of benzene rings is 2. The van der Waals surface area contributed by atoms with Gasteiger partial charge in [0.25, 0.3) is 0 Å². The highest BCUT2D eigenvalue weighted by molar-refractivity contribution is 5.79. The zero-order chi connectivity index (χ0) is 24.3. The van der Waals surface area contributed by atoms with Crippen LogP contribution in [0.25, 0.3) is 11.1 Å². The van der Waals surface area contributed by atoms with Crippen LogP contribution in [0.3, 0.4) is 0 Å². The summed E-state index contributed by atoms with van der Waals surface area (Å²) in [5.41, 5.74) is 3.93. The Kier molecular flexibility index (Phi) is 6.68. The Morgan fingerprint density at radius 1 is 1.06 bits per heavy atom. The van der Waals surface area contributed by atoms with E-state index in [2.05, 4.69) is 39.7 Å². The summed E-state index contributed by atoms with van der Waals surface area (Å²) in [6.45, 7) is 7.26. The predicted octanol–water partition coefficient (Wildman–Crippen LogP) is 4.56. The number of nitrogens with zero attached hydrogens (tertiary/aromatic N) is 2. The summed E-state index contributed by atoms with van der Waals surface area (Å²) < 4.78 is 16.2. The van der Waals surface area contributed by atoms with Crippen molar-refractivity contribution in [2.75, 3.05) is 6.61 Å². The van der Waals surface area contributed by atoms with Crippen molar-refractivity contribution in [1.29, 1.82) is 0 Å². The molecule has 8 heteroatoms. The van der Waals surface area contributed by atoms with Gasteiger partial charge in [-0.3, -0.25) is 4.79 Å². The quantitative estimate of drug-likeness (QED) is 0.512. The zero-order valence-electron chi connectivity index (χ0n) is 19.8. The molecule has 0 bridgehead atoms. The minimum atomic E-state index is -0.632. The number of esters is 1. The van der Waals surface area contributed by atoms with Gasteiger partial charge in [-0.15, -0.1) is 0 Å². The molecule has 1 heterocycles. The maximum absolute atomic E-state index is 12.7. The lowest BCUT2D eigenvalue weighted by atomic mass is 9.98. The van der Waals surface area contributed by atoms with Crippen LogP contribution in [0.5, 0.6) is 0 Å². The normalized spacial score (nSPS) is 13.6.